The Bertz CT molecular complexity index is 884. The summed E-state index contributed by atoms with van der Waals surface area (Å²) in [5.74, 6) is 2.17. The van der Waals surface area contributed by atoms with Gasteiger partial charge in [0.15, 0.2) is 0 Å². The van der Waals surface area contributed by atoms with Crippen molar-refractivity contribution in [2.75, 3.05) is 18.8 Å². The zero-order chi connectivity index (χ0) is 18.8. The number of carbonyl (C=O) groups excluding carboxylic acids is 1. The van der Waals surface area contributed by atoms with E-state index in [1.807, 2.05) is 4.90 Å². The Morgan fingerprint density at radius 3 is 2.89 bits per heavy atom. The van der Waals surface area contributed by atoms with Crippen LogP contribution in [-0.2, 0) is 23.4 Å². The van der Waals surface area contributed by atoms with Gasteiger partial charge in [0.25, 0.3) is 5.56 Å². The molecular formula is C19H25N3O3S2. The van der Waals surface area contributed by atoms with Gasteiger partial charge in [-0.1, -0.05) is 0 Å². The average Bonchev–Trinajstić information content (AvgIpc) is 3.04. The second-order valence-corrected chi connectivity index (χ2v) is 9.51. The molecule has 146 valence electrons. The van der Waals surface area contributed by atoms with Crippen molar-refractivity contribution in [1.82, 2.24) is 14.9 Å². The number of amides is 1. The Hall–Kier alpha value is -1.38. The van der Waals surface area contributed by atoms with E-state index in [1.54, 1.807) is 23.1 Å². The van der Waals surface area contributed by atoms with Crippen LogP contribution < -0.4 is 5.56 Å². The van der Waals surface area contributed by atoms with E-state index in [1.165, 1.54) is 16.9 Å². The molecule has 2 aromatic heterocycles. The second kappa shape index (κ2) is 8.32. The van der Waals surface area contributed by atoms with Crippen LogP contribution in [0.5, 0.6) is 0 Å². The van der Waals surface area contributed by atoms with E-state index in [9.17, 15) is 14.7 Å². The molecule has 1 saturated heterocycles. The number of rotatable bonds is 5. The lowest BCUT2D eigenvalue weighted by Crippen LogP contribution is -2.40. The molecule has 0 saturated carbocycles. The fraction of sp³-hybridized carbons (Fsp3) is 0.632. The van der Waals surface area contributed by atoms with E-state index in [0.717, 1.165) is 29.5 Å². The third-order valence-corrected chi connectivity index (χ3v) is 7.55. The summed E-state index contributed by atoms with van der Waals surface area (Å²) in [7, 11) is 0. The molecule has 2 N–H and O–H groups in total. The first-order chi connectivity index (χ1) is 13.1. The first-order valence-corrected chi connectivity index (χ1v) is 11.7. The number of aliphatic hydroxyl groups is 1. The van der Waals surface area contributed by atoms with Crippen LogP contribution in [0.15, 0.2) is 4.79 Å². The standard InChI is InChI=1S/C19H25N3O3S2/c23-12-5-8-22(9-6-12)16(24)7-10-26-11-15-20-18(25)17-13-3-1-2-4-14(13)27-19(17)21-15/h12,23H,1-11H2,(H,20,21,25). The van der Waals surface area contributed by atoms with Gasteiger partial charge >= 0.3 is 0 Å². The fourth-order valence-corrected chi connectivity index (χ4v) is 5.95. The zero-order valence-corrected chi connectivity index (χ0v) is 17.0. The van der Waals surface area contributed by atoms with Crippen molar-refractivity contribution in [2.45, 2.75) is 56.8 Å². The van der Waals surface area contributed by atoms with Crippen molar-refractivity contribution in [3.63, 3.8) is 0 Å². The normalized spacial score (nSPS) is 18.0. The lowest BCUT2D eigenvalue weighted by Gasteiger charge is -2.29. The molecule has 0 atom stereocenters. The van der Waals surface area contributed by atoms with Crippen LogP contribution in [0.25, 0.3) is 10.2 Å². The molecule has 1 aliphatic carbocycles. The van der Waals surface area contributed by atoms with Crippen molar-refractivity contribution < 1.29 is 9.90 Å². The third-order valence-electron chi connectivity index (χ3n) is 5.39. The minimum Gasteiger partial charge on any atom is -0.393 e. The Kier molecular flexibility index (Phi) is 5.85. The Labute approximate surface area is 166 Å². The average molecular weight is 408 g/mol. The molecule has 0 unspecified atom stereocenters. The van der Waals surface area contributed by atoms with E-state index >= 15 is 0 Å². The summed E-state index contributed by atoms with van der Waals surface area (Å²) in [5, 5.41) is 10.3. The molecule has 1 amide bonds. The number of aromatic nitrogens is 2. The highest BCUT2D eigenvalue weighted by Gasteiger charge is 2.21. The molecule has 3 heterocycles. The summed E-state index contributed by atoms with van der Waals surface area (Å²) in [5.41, 5.74) is 1.20. The number of nitrogens with one attached hydrogen (secondary N) is 1. The molecular weight excluding hydrogens is 382 g/mol. The summed E-state index contributed by atoms with van der Waals surface area (Å²) >= 11 is 3.30. The number of thiophene rings is 1. The molecule has 1 aliphatic heterocycles. The number of hydrogen-bond donors (Lipinski definition) is 2. The van der Waals surface area contributed by atoms with Gasteiger partial charge in [0.2, 0.25) is 5.91 Å². The van der Waals surface area contributed by atoms with Crippen LogP contribution in [-0.4, -0.2) is 50.8 Å². The minimum atomic E-state index is -0.260. The fourth-order valence-electron chi connectivity index (χ4n) is 3.88. The maximum atomic E-state index is 12.5. The van der Waals surface area contributed by atoms with Gasteiger partial charge in [-0.25, -0.2) is 4.98 Å². The highest BCUT2D eigenvalue weighted by molar-refractivity contribution is 7.98. The third kappa shape index (κ3) is 4.22. The second-order valence-electron chi connectivity index (χ2n) is 7.32. The number of piperidine rings is 1. The van der Waals surface area contributed by atoms with Crippen LogP contribution >= 0.6 is 23.1 Å². The molecule has 6 nitrogen and oxygen atoms in total. The lowest BCUT2D eigenvalue weighted by atomic mass is 9.97. The van der Waals surface area contributed by atoms with Gasteiger partial charge < -0.3 is 15.0 Å². The van der Waals surface area contributed by atoms with Crippen LogP contribution in [0.3, 0.4) is 0 Å². The van der Waals surface area contributed by atoms with Crippen LogP contribution in [0, 0.1) is 0 Å². The molecule has 4 rings (SSSR count). The summed E-state index contributed by atoms with van der Waals surface area (Å²) in [4.78, 5) is 36.4. The molecule has 0 spiro atoms. The number of likely N-dealkylation sites (tertiary alicyclic amines) is 1. The molecule has 27 heavy (non-hydrogen) atoms. The number of hydrogen-bond acceptors (Lipinski definition) is 6. The topological polar surface area (TPSA) is 86.3 Å². The Morgan fingerprint density at radius 2 is 2.07 bits per heavy atom. The van der Waals surface area contributed by atoms with Crippen molar-refractivity contribution in [2.24, 2.45) is 0 Å². The van der Waals surface area contributed by atoms with E-state index in [2.05, 4.69) is 9.97 Å². The highest BCUT2D eigenvalue weighted by atomic mass is 32.2. The molecule has 0 radical (unpaired) electrons. The first-order valence-electron chi connectivity index (χ1n) is 9.69. The van der Waals surface area contributed by atoms with Gasteiger partial charge in [-0.15, -0.1) is 11.3 Å². The largest absolute Gasteiger partial charge is 0.393 e. The summed E-state index contributed by atoms with van der Waals surface area (Å²) in [6, 6.07) is 0. The summed E-state index contributed by atoms with van der Waals surface area (Å²) < 4.78 is 0. The SMILES string of the molecule is O=C(CCSCc1nc2sc3c(c2c(=O)[nH]1)CCCC3)N1CCC(O)CC1. The van der Waals surface area contributed by atoms with Crippen LogP contribution in [0.2, 0.25) is 0 Å². The van der Waals surface area contributed by atoms with Crippen molar-refractivity contribution in [3.05, 3.63) is 26.6 Å². The molecule has 2 aliphatic rings. The van der Waals surface area contributed by atoms with Gasteiger partial charge in [0, 0.05) is 30.1 Å². The number of aromatic amines is 1. The molecule has 2 aromatic rings. The zero-order valence-electron chi connectivity index (χ0n) is 15.3. The van der Waals surface area contributed by atoms with Crippen LogP contribution in [0.1, 0.15) is 48.4 Å². The molecule has 8 heteroatoms. The maximum absolute atomic E-state index is 12.5. The number of thioether (sulfide) groups is 1. The van der Waals surface area contributed by atoms with Gasteiger partial charge in [-0.2, -0.15) is 11.8 Å². The van der Waals surface area contributed by atoms with Gasteiger partial charge in [-0.3, -0.25) is 9.59 Å². The van der Waals surface area contributed by atoms with Crippen molar-refractivity contribution in [3.8, 4) is 0 Å². The molecule has 0 bridgehead atoms. The number of fused-ring (bicyclic) bond motifs is 3. The quantitative estimate of drug-likeness (QED) is 0.744. The maximum Gasteiger partial charge on any atom is 0.259 e. The smallest absolute Gasteiger partial charge is 0.259 e. The number of nitrogens with zero attached hydrogens (tertiary/aromatic N) is 2. The summed E-state index contributed by atoms with van der Waals surface area (Å²) in [6.45, 7) is 1.30. The predicted molar refractivity (Wildman–Crippen MR) is 109 cm³/mol. The molecule has 1 fully saturated rings. The van der Waals surface area contributed by atoms with E-state index < -0.39 is 0 Å². The van der Waals surface area contributed by atoms with Crippen molar-refractivity contribution >= 4 is 39.2 Å². The lowest BCUT2D eigenvalue weighted by molar-refractivity contribution is -0.132. The monoisotopic (exact) mass is 407 g/mol. The Morgan fingerprint density at radius 1 is 1.30 bits per heavy atom. The minimum absolute atomic E-state index is 0.0158. The van der Waals surface area contributed by atoms with Crippen molar-refractivity contribution in [1.29, 1.82) is 0 Å². The van der Waals surface area contributed by atoms with E-state index in [0.29, 0.717) is 49.7 Å². The summed E-state index contributed by atoms with van der Waals surface area (Å²) in [6.07, 6.45) is 5.98. The highest BCUT2D eigenvalue weighted by Crippen LogP contribution is 2.33. The van der Waals surface area contributed by atoms with E-state index in [-0.39, 0.29) is 17.6 Å². The number of aliphatic hydroxyl groups excluding tert-OH is 1. The van der Waals surface area contributed by atoms with E-state index in [4.69, 9.17) is 0 Å². The van der Waals surface area contributed by atoms with Gasteiger partial charge in [-0.05, 0) is 44.1 Å². The van der Waals surface area contributed by atoms with Gasteiger partial charge in [0.1, 0.15) is 10.7 Å². The first kappa shape index (κ1) is 19.0. The number of carbonyl (C=O) groups is 1. The number of H-pyrrole nitrogens is 1. The number of aryl methyl sites for hydroxylation is 2. The molecule has 0 aromatic carbocycles. The Balaban J connectivity index is 1.33. The van der Waals surface area contributed by atoms with Gasteiger partial charge in [0.05, 0.1) is 17.2 Å². The predicted octanol–water partition coefficient (Wildman–Crippen LogP) is 2.47. The van der Waals surface area contributed by atoms with Crippen LogP contribution in [0.4, 0.5) is 0 Å².